The number of hydrogen-bond donors (Lipinski definition) is 0. The Balaban J connectivity index is 1.45. The lowest BCUT2D eigenvalue weighted by molar-refractivity contribution is 1.17. The topological polar surface area (TPSA) is 51.6 Å². The van der Waals surface area contributed by atoms with E-state index >= 15 is 0 Å². The van der Waals surface area contributed by atoms with E-state index in [0.717, 1.165) is 33.6 Å². The Hall–Kier alpha value is -4.96. The number of aromatic nitrogens is 4. The van der Waals surface area contributed by atoms with Gasteiger partial charge in [0.05, 0.1) is 11.4 Å². The Labute approximate surface area is 210 Å². The van der Waals surface area contributed by atoms with Crippen molar-refractivity contribution in [2.24, 2.45) is 0 Å². The van der Waals surface area contributed by atoms with Crippen molar-refractivity contribution in [2.75, 3.05) is 0 Å². The highest BCUT2D eigenvalue weighted by molar-refractivity contribution is 5.75. The van der Waals surface area contributed by atoms with Crippen LogP contribution in [0.1, 0.15) is 0 Å². The van der Waals surface area contributed by atoms with Crippen LogP contribution in [0.25, 0.3) is 56.4 Å². The first-order valence-corrected chi connectivity index (χ1v) is 11.8. The van der Waals surface area contributed by atoms with E-state index in [0.29, 0.717) is 11.6 Å². The Morgan fingerprint density at radius 1 is 0.333 bits per heavy atom. The van der Waals surface area contributed by atoms with Crippen LogP contribution in [0, 0.1) is 0 Å². The first-order chi connectivity index (χ1) is 17.8. The third-order valence-corrected chi connectivity index (χ3v) is 6.03. The molecule has 0 saturated heterocycles. The molecule has 0 amide bonds. The third-order valence-electron chi connectivity index (χ3n) is 6.03. The first kappa shape index (κ1) is 21.6. The van der Waals surface area contributed by atoms with Gasteiger partial charge in [0.2, 0.25) is 0 Å². The molecule has 4 heteroatoms. The minimum Gasteiger partial charge on any atom is -0.237 e. The standard InChI is InChI=1S/C32H22N4/c1-3-9-23(10-4-1)24-15-17-25(18-16-24)29-22-30(36-32(35-29)26-11-5-2-6-12-26)27-13-7-14-28(21-27)31-33-19-8-20-34-31/h1-22H. The second kappa shape index (κ2) is 9.72. The van der Waals surface area contributed by atoms with Gasteiger partial charge >= 0.3 is 0 Å². The van der Waals surface area contributed by atoms with Crippen molar-refractivity contribution in [1.82, 2.24) is 19.9 Å². The van der Waals surface area contributed by atoms with Crippen molar-refractivity contribution < 1.29 is 0 Å². The van der Waals surface area contributed by atoms with Crippen LogP contribution in [-0.2, 0) is 0 Å². The summed E-state index contributed by atoms with van der Waals surface area (Å²) in [5, 5.41) is 0. The predicted octanol–water partition coefficient (Wildman–Crippen LogP) is 7.60. The zero-order valence-electron chi connectivity index (χ0n) is 19.5. The van der Waals surface area contributed by atoms with Crippen LogP contribution >= 0.6 is 0 Å². The zero-order chi connectivity index (χ0) is 24.2. The van der Waals surface area contributed by atoms with Crippen LogP contribution < -0.4 is 0 Å². The molecule has 0 N–H and O–H groups in total. The summed E-state index contributed by atoms with van der Waals surface area (Å²) in [5.74, 6) is 1.38. The molecule has 0 aliphatic carbocycles. The average Bonchev–Trinajstić information content (AvgIpc) is 2.98. The summed E-state index contributed by atoms with van der Waals surface area (Å²) in [6.07, 6.45) is 3.51. The Bertz CT molecular complexity index is 1600. The number of rotatable bonds is 5. The normalized spacial score (nSPS) is 10.8. The van der Waals surface area contributed by atoms with Gasteiger partial charge in [-0.25, -0.2) is 19.9 Å². The molecular weight excluding hydrogens is 440 g/mol. The van der Waals surface area contributed by atoms with Crippen LogP contribution in [0.5, 0.6) is 0 Å². The maximum atomic E-state index is 4.95. The summed E-state index contributed by atoms with van der Waals surface area (Å²) in [7, 11) is 0. The minimum atomic E-state index is 0.688. The van der Waals surface area contributed by atoms with Crippen molar-refractivity contribution >= 4 is 0 Å². The molecule has 0 unspecified atom stereocenters. The van der Waals surface area contributed by atoms with E-state index in [-0.39, 0.29) is 0 Å². The van der Waals surface area contributed by atoms with Gasteiger partial charge in [-0.15, -0.1) is 0 Å². The summed E-state index contributed by atoms with van der Waals surface area (Å²) >= 11 is 0. The average molecular weight is 463 g/mol. The van der Waals surface area contributed by atoms with Crippen LogP contribution in [0.4, 0.5) is 0 Å². The number of nitrogens with zero attached hydrogens (tertiary/aromatic N) is 4. The summed E-state index contributed by atoms with van der Waals surface area (Å²) in [4.78, 5) is 18.7. The van der Waals surface area contributed by atoms with Gasteiger partial charge in [0.25, 0.3) is 0 Å². The van der Waals surface area contributed by atoms with E-state index in [4.69, 9.17) is 9.97 Å². The maximum Gasteiger partial charge on any atom is 0.160 e. The molecule has 170 valence electrons. The fourth-order valence-electron chi connectivity index (χ4n) is 4.19. The Morgan fingerprint density at radius 3 is 1.56 bits per heavy atom. The lowest BCUT2D eigenvalue weighted by Crippen LogP contribution is -1.96. The van der Waals surface area contributed by atoms with E-state index in [2.05, 4.69) is 76.7 Å². The molecule has 0 saturated carbocycles. The molecule has 6 aromatic rings. The fourth-order valence-corrected chi connectivity index (χ4v) is 4.19. The fraction of sp³-hybridized carbons (Fsp3) is 0. The highest BCUT2D eigenvalue weighted by Gasteiger charge is 2.12. The van der Waals surface area contributed by atoms with Crippen LogP contribution in [0.3, 0.4) is 0 Å². The van der Waals surface area contributed by atoms with Gasteiger partial charge in [-0.2, -0.15) is 0 Å². The summed E-state index contributed by atoms with van der Waals surface area (Å²) in [5.41, 5.74) is 8.04. The highest BCUT2D eigenvalue weighted by atomic mass is 14.9. The van der Waals surface area contributed by atoms with Gasteiger partial charge < -0.3 is 0 Å². The maximum absolute atomic E-state index is 4.95. The first-order valence-electron chi connectivity index (χ1n) is 11.8. The quantitative estimate of drug-likeness (QED) is 0.265. The van der Waals surface area contributed by atoms with Crippen molar-refractivity contribution in [3.05, 3.63) is 134 Å². The van der Waals surface area contributed by atoms with Crippen molar-refractivity contribution in [3.8, 4) is 56.4 Å². The molecule has 0 atom stereocenters. The van der Waals surface area contributed by atoms with Crippen LogP contribution in [-0.4, -0.2) is 19.9 Å². The summed E-state index contributed by atoms with van der Waals surface area (Å²) in [6.45, 7) is 0. The van der Waals surface area contributed by atoms with E-state index in [9.17, 15) is 0 Å². The van der Waals surface area contributed by atoms with Crippen molar-refractivity contribution in [3.63, 3.8) is 0 Å². The van der Waals surface area contributed by atoms with Gasteiger partial charge in [-0.05, 0) is 29.3 Å². The zero-order valence-corrected chi connectivity index (χ0v) is 19.5. The molecule has 4 nitrogen and oxygen atoms in total. The molecule has 0 bridgehead atoms. The van der Waals surface area contributed by atoms with Gasteiger partial charge in [0, 0.05) is 34.6 Å². The molecule has 0 spiro atoms. The highest BCUT2D eigenvalue weighted by Crippen LogP contribution is 2.30. The summed E-state index contributed by atoms with van der Waals surface area (Å²) in [6, 6.07) is 41.0. The Morgan fingerprint density at radius 2 is 0.861 bits per heavy atom. The molecule has 0 fully saturated rings. The molecule has 2 heterocycles. The van der Waals surface area contributed by atoms with Gasteiger partial charge in [0.1, 0.15) is 0 Å². The molecule has 6 rings (SSSR count). The number of hydrogen-bond acceptors (Lipinski definition) is 4. The van der Waals surface area contributed by atoms with E-state index in [1.165, 1.54) is 11.1 Å². The number of benzene rings is 4. The molecule has 0 aliphatic rings. The smallest absolute Gasteiger partial charge is 0.160 e. The van der Waals surface area contributed by atoms with Gasteiger partial charge in [-0.3, -0.25) is 0 Å². The molecule has 2 aromatic heterocycles. The van der Waals surface area contributed by atoms with Gasteiger partial charge in [-0.1, -0.05) is 103 Å². The summed E-state index contributed by atoms with van der Waals surface area (Å²) < 4.78 is 0. The van der Waals surface area contributed by atoms with Crippen LogP contribution in [0.15, 0.2) is 134 Å². The van der Waals surface area contributed by atoms with E-state index in [1.807, 2.05) is 54.6 Å². The molecule has 36 heavy (non-hydrogen) atoms. The monoisotopic (exact) mass is 462 g/mol. The van der Waals surface area contributed by atoms with Crippen molar-refractivity contribution in [2.45, 2.75) is 0 Å². The molecule has 0 radical (unpaired) electrons. The molecule has 0 aliphatic heterocycles. The lowest BCUT2D eigenvalue weighted by atomic mass is 10.0. The SMILES string of the molecule is c1ccc(-c2ccc(-c3cc(-c4cccc(-c5ncccn5)c4)nc(-c4ccccc4)n3)cc2)cc1. The molecular formula is C32H22N4. The van der Waals surface area contributed by atoms with E-state index in [1.54, 1.807) is 12.4 Å². The third kappa shape index (κ3) is 4.52. The molecule has 4 aromatic carbocycles. The lowest BCUT2D eigenvalue weighted by Gasteiger charge is -2.11. The largest absolute Gasteiger partial charge is 0.237 e. The van der Waals surface area contributed by atoms with Crippen LogP contribution in [0.2, 0.25) is 0 Å². The Kier molecular flexibility index (Phi) is 5.83. The predicted molar refractivity (Wildman–Crippen MR) is 145 cm³/mol. The van der Waals surface area contributed by atoms with Gasteiger partial charge in [0.15, 0.2) is 11.6 Å². The van der Waals surface area contributed by atoms with E-state index < -0.39 is 0 Å². The van der Waals surface area contributed by atoms with Crippen molar-refractivity contribution in [1.29, 1.82) is 0 Å². The second-order valence-electron chi connectivity index (χ2n) is 8.42. The minimum absolute atomic E-state index is 0.688. The second-order valence-corrected chi connectivity index (χ2v) is 8.42.